The van der Waals surface area contributed by atoms with Gasteiger partial charge in [-0.05, 0) is 45.3 Å². The van der Waals surface area contributed by atoms with Gasteiger partial charge in [0.15, 0.2) is 5.82 Å². The first-order valence-corrected chi connectivity index (χ1v) is 6.99. The number of fused-ring (bicyclic) bond motifs is 1. The highest BCUT2D eigenvalue weighted by atomic mass is 16.3. The van der Waals surface area contributed by atoms with Crippen molar-refractivity contribution < 1.29 is 5.11 Å². The Hall–Kier alpha value is -0.940. The average molecular weight is 250 g/mol. The second-order valence-corrected chi connectivity index (χ2v) is 5.73. The molecule has 0 bridgehead atoms. The summed E-state index contributed by atoms with van der Waals surface area (Å²) < 4.78 is 2.06. The minimum absolute atomic E-state index is 0.274. The van der Waals surface area contributed by atoms with Gasteiger partial charge >= 0.3 is 0 Å². The molecule has 1 atom stereocenters. The molecular weight excluding hydrogens is 228 g/mol. The normalized spacial score (nSPS) is 26.2. The summed E-state index contributed by atoms with van der Waals surface area (Å²) >= 11 is 0. The largest absolute Gasteiger partial charge is 0.396 e. The predicted octanol–water partition coefficient (Wildman–Crippen LogP) is 0.642. The van der Waals surface area contributed by atoms with E-state index in [-0.39, 0.29) is 6.61 Å². The molecule has 0 aliphatic carbocycles. The zero-order chi connectivity index (χ0) is 12.5. The molecule has 0 amide bonds. The van der Waals surface area contributed by atoms with Crippen molar-refractivity contribution in [1.82, 2.24) is 19.7 Å². The monoisotopic (exact) mass is 250 g/mol. The number of aromatic nitrogens is 3. The van der Waals surface area contributed by atoms with Gasteiger partial charge in [0.05, 0.1) is 0 Å². The number of nitrogens with zero attached hydrogens (tertiary/aromatic N) is 4. The van der Waals surface area contributed by atoms with Gasteiger partial charge in [-0.25, -0.2) is 9.67 Å². The van der Waals surface area contributed by atoms with Crippen molar-refractivity contribution in [2.24, 2.45) is 5.92 Å². The molecule has 1 N–H and O–H groups in total. The fourth-order valence-corrected chi connectivity index (χ4v) is 2.98. The topological polar surface area (TPSA) is 54.2 Å². The number of hydrogen-bond donors (Lipinski definition) is 1. The number of aliphatic hydroxyl groups excluding tert-OH is 1. The van der Waals surface area contributed by atoms with Gasteiger partial charge in [0.1, 0.15) is 5.82 Å². The van der Waals surface area contributed by atoms with Crippen LogP contribution in [0.3, 0.4) is 0 Å². The lowest BCUT2D eigenvalue weighted by Gasteiger charge is -2.27. The Kier molecular flexibility index (Phi) is 3.35. The molecule has 0 saturated carbocycles. The SMILES string of the molecule is CN1CCC(c2nc3n(n2)CCC(CO)C3)CC1. The number of aliphatic hydroxyl groups is 1. The molecule has 0 radical (unpaired) electrons. The van der Waals surface area contributed by atoms with Gasteiger partial charge in [-0.1, -0.05) is 0 Å². The first-order chi connectivity index (χ1) is 8.76. The Balaban J connectivity index is 1.73. The van der Waals surface area contributed by atoms with E-state index in [1.165, 1.54) is 12.8 Å². The third kappa shape index (κ3) is 2.29. The van der Waals surface area contributed by atoms with E-state index in [1.54, 1.807) is 0 Å². The fourth-order valence-electron chi connectivity index (χ4n) is 2.98. The maximum atomic E-state index is 9.24. The quantitative estimate of drug-likeness (QED) is 0.837. The summed E-state index contributed by atoms with van der Waals surface area (Å²) in [5.41, 5.74) is 0. The highest BCUT2D eigenvalue weighted by Gasteiger charge is 2.26. The van der Waals surface area contributed by atoms with E-state index >= 15 is 0 Å². The van der Waals surface area contributed by atoms with Gasteiger partial charge in [0.25, 0.3) is 0 Å². The van der Waals surface area contributed by atoms with E-state index in [9.17, 15) is 5.11 Å². The summed E-state index contributed by atoms with van der Waals surface area (Å²) in [5, 5.41) is 13.9. The van der Waals surface area contributed by atoms with Gasteiger partial charge in [0.2, 0.25) is 0 Å². The predicted molar refractivity (Wildman–Crippen MR) is 68.4 cm³/mol. The smallest absolute Gasteiger partial charge is 0.154 e. The molecule has 0 aromatic carbocycles. The summed E-state index contributed by atoms with van der Waals surface area (Å²) in [5.74, 6) is 3.03. The van der Waals surface area contributed by atoms with E-state index in [2.05, 4.69) is 21.7 Å². The summed E-state index contributed by atoms with van der Waals surface area (Å²) in [6.07, 6.45) is 4.25. The van der Waals surface area contributed by atoms with Crippen molar-refractivity contribution in [3.8, 4) is 0 Å². The molecule has 2 aliphatic rings. The first-order valence-electron chi connectivity index (χ1n) is 6.99. The molecule has 1 aromatic rings. The van der Waals surface area contributed by atoms with Gasteiger partial charge in [-0.2, -0.15) is 5.10 Å². The number of piperidine rings is 1. The van der Waals surface area contributed by atoms with Crippen LogP contribution >= 0.6 is 0 Å². The average Bonchev–Trinajstić information content (AvgIpc) is 2.82. The second kappa shape index (κ2) is 4.97. The van der Waals surface area contributed by atoms with E-state index < -0.39 is 0 Å². The van der Waals surface area contributed by atoms with Crippen LogP contribution in [-0.2, 0) is 13.0 Å². The Morgan fingerprint density at radius 3 is 2.72 bits per heavy atom. The van der Waals surface area contributed by atoms with Gasteiger partial charge in [-0.15, -0.1) is 0 Å². The summed E-state index contributed by atoms with van der Waals surface area (Å²) in [4.78, 5) is 7.09. The molecule has 1 aromatic heterocycles. The van der Waals surface area contributed by atoms with E-state index in [0.717, 1.165) is 44.1 Å². The van der Waals surface area contributed by atoms with Crippen LogP contribution in [0.2, 0.25) is 0 Å². The molecule has 5 heteroatoms. The van der Waals surface area contributed by atoms with Crippen LogP contribution in [0.5, 0.6) is 0 Å². The zero-order valence-corrected chi connectivity index (χ0v) is 11.0. The third-order valence-electron chi connectivity index (χ3n) is 4.33. The van der Waals surface area contributed by atoms with E-state index in [1.807, 2.05) is 0 Å². The van der Waals surface area contributed by atoms with Crippen LogP contribution in [0.1, 0.15) is 36.8 Å². The minimum atomic E-state index is 0.274. The first kappa shape index (κ1) is 12.1. The molecule has 100 valence electrons. The number of likely N-dealkylation sites (tertiary alicyclic amines) is 1. The van der Waals surface area contributed by atoms with Crippen LogP contribution in [0.4, 0.5) is 0 Å². The van der Waals surface area contributed by atoms with Crippen LogP contribution < -0.4 is 0 Å². The molecule has 0 spiro atoms. The molecule has 5 nitrogen and oxygen atoms in total. The van der Waals surface area contributed by atoms with E-state index in [0.29, 0.717) is 11.8 Å². The molecule has 1 fully saturated rings. The van der Waals surface area contributed by atoms with Gasteiger partial charge in [0, 0.05) is 25.5 Å². The molecule has 1 unspecified atom stereocenters. The van der Waals surface area contributed by atoms with Crippen LogP contribution in [-0.4, -0.2) is 51.5 Å². The molecule has 2 aliphatic heterocycles. The van der Waals surface area contributed by atoms with Crippen LogP contribution in [0.15, 0.2) is 0 Å². The lowest BCUT2D eigenvalue weighted by atomic mass is 9.96. The maximum Gasteiger partial charge on any atom is 0.154 e. The zero-order valence-electron chi connectivity index (χ0n) is 11.0. The van der Waals surface area contributed by atoms with Gasteiger partial charge < -0.3 is 10.0 Å². The Labute approximate surface area is 108 Å². The third-order valence-corrected chi connectivity index (χ3v) is 4.33. The molecule has 1 saturated heterocycles. The van der Waals surface area contributed by atoms with Crippen LogP contribution in [0.25, 0.3) is 0 Å². The van der Waals surface area contributed by atoms with Crippen molar-refractivity contribution in [3.05, 3.63) is 11.6 Å². The van der Waals surface area contributed by atoms with Crippen molar-refractivity contribution in [2.45, 2.75) is 38.1 Å². The molecular formula is C13H22N4O. The Morgan fingerprint density at radius 2 is 2.00 bits per heavy atom. The van der Waals surface area contributed by atoms with E-state index in [4.69, 9.17) is 4.98 Å². The summed E-state index contributed by atoms with van der Waals surface area (Å²) in [7, 11) is 2.17. The lowest BCUT2D eigenvalue weighted by Crippen LogP contribution is -2.29. The van der Waals surface area contributed by atoms with Crippen molar-refractivity contribution in [3.63, 3.8) is 0 Å². The minimum Gasteiger partial charge on any atom is -0.396 e. The highest BCUT2D eigenvalue weighted by Crippen LogP contribution is 2.27. The lowest BCUT2D eigenvalue weighted by molar-refractivity contribution is 0.196. The summed E-state index contributed by atoms with van der Waals surface area (Å²) in [6, 6.07) is 0. The highest BCUT2D eigenvalue weighted by molar-refractivity contribution is 5.03. The molecule has 18 heavy (non-hydrogen) atoms. The fraction of sp³-hybridized carbons (Fsp3) is 0.846. The van der Waals surface area contributed by atoms with Gasteiger partial charge in [-0.3, -0.25) is 0 Å². The Bertz CT molecular complexity index is 409. The maximum absolute atomic E-state index is 9.24. The standard InChI is InChI=1S/C13H22N4O/c1-16-5-3-11(4-6-16)13-14-12-8-10(9-18)2-7-17(12)15-13/h10-11,18H,2-9H2,1H3. The van der Waals surface area contributed by atoms with Crippen molar-refractivity contribution in [1.29, 1.82) is 0 Å². The van der Waals surface area contributed by atoms with Crippen molar-refractivity contribution in [2.75, 3.05) is 26.7 Å². The number of hydrogen-bond acceptors (Lipinski definition) is 4. The Morgan fingerprint density at radius 1 is 1.22 bits per heavy atom. The molecule has 3 heterocycles. The van der Waals surface area contributed by atoms with Crippen molar-refractivity contribution >= 4 is 0 Å². The van der Waals surface area contributed by atoms with Crippen LogP contribution in [0, 0.1) is 5.92 Å². The molecule has 3 rings (SSSR count). The summed E-state index contributed by atoms with van der Waals surface area (Å²) in [6.45, 7) is 3.48. The second-order valence-electron chi connectivity index (χ2n) is 5.73. The number of rotatable bonds is 2. The number of aryl methyl sites for hydroxylation is 1.